The molecule has 2 aromatic carbocycles. The van der Waals surface area contributed by atoms with Crippen LogP contribution in [0.3, 0.4) is 0 Å². The molecule has 0 aliphatic carbocycles. The lowest BCUT2D eigenvalue weighted by atomic mass is 10.0. The van der Waals surface area contributed by atoms with Crippen molar-refractivity contribution in [3.05, 3.63) is 59.7 Å². The Bertz CT molecular complexity index is 698. The lowest BCUT2D eigenvalue weighted by Gasteiger charge is -2.12. The highest BCUT2D eigenvalue weighted by Crippen LogP contribution is 2.23. The number of nitrogens with zero attached hydrogens (tertiary/aromatic N) is 3. The lowest BCUT2D eigenvalue weighted by Crippen LogP contribution is -2.11. The number of hydrogen-bond acceptors (Lipinski definition) is 4. The van der Waals surface area contributed by atoms with Gasteiger partial charge in [0.1, 0.15) is 6.07 Å². The zero-order valence-corrected chi connectivity index (χ0v) is 11.0. The Morgan fingerprint density at radius 1 is 1.15 bits per heavy atom. The van der Waals surface area contributed by atoms with Crippen LogP contribution in [0, 0.1) is 11.3 Å². The van der Waals surface area contributed by atoms with Crippen LogP contribution >= 0.6 is 0 Å². The number of benzene rings is 2. The Balaban J connectivity index is 1.89. The summed E-state index contributed by atoms with van der Waals surface area (Å²) in [5.74, 6) is 0. The van der Waals surface area contributed by atoms with Crippen molar-refractivity contribution in [1.29, 1.82) is 5.26 Å². The monoisotopic (exact) mass is 262 g/mol. The van der Waals surface area contributed by atoms with Crippen LogP contribution in [0.4, 0.5) is 11.4 Å². The van der Waals surface area contributed by atoms with Crippen LogP contribution in [0.25, 0.3) is 0 Å². The first-order valence-electron chi connectivity index (χ1n) is 6.48. The third-order valence-electron chi connectivity index (χ3n) is 3.36. The predicted octanol–water partition coefficient (Wildman–Crippen LogP) is 2.75. The minimum atomic E-state index is 0.505. The Morgan fingerprint density at radius 2 is 1.95 bits per heavy atom. The third-order valence-corrected chi connectivity index (χ3v) is 3.36. The number of nitrogen functional groups attached to an aromatic ring is 1. The van der Waals surface area contributed by atoms with Crippen molar-refractivity contribution >= 4 is 17.1 Å². The van der Waals surface area contributed by atoms with E-state index in [1.54, 1.807) is 6.07 Å². The number of nitriles is 1. The van der Waals surface area contributed by atoms with E-state index < -0.39 is 0 Å². The van der Waals surface area contributed by atoms with Gasteiger partial charge >= 0.3 is 0 Å². The zero-order valence-electron chi connectivity index (χ0n) is 11.0. The molecule has 0 saturated carbocycles. The van der Waals surface area contributed by atoms with Crippen LogP contribution in [0.15, 0.2) is 53.6 Å². The SMILES string of the molecule is N#Cc1ccc(C2=NN(c3ccccc3)CC2)cc1N. The molecule has 0 unspecified atom stereocenters. The highest BCUT2D eigenvalue weighted by atomic mass is 15.5. The Kier molecular flexibility index (Phi) is 3.10. The Labute approximate surface area is 117 Å². The Hall–Kier alpha value is -2.80. The lowest BCUT2D eigenvalue weighted by molar-refractivity contribution is 0.922. The number of rotatable bonds is 2. The number of nitrogens with two attached hydrogens (primary N) is 1. The van der Waals surface area contributed by atoms with Gasteiger partial charge in [-0.25, -0.2) is 0 Å². The maximum absolute atomic E-state index is 8.90. The van der Waals surface area contributed by atoms with Crippen molar-refractivity contribution in [3.63, 3.8) is 0 Å². The van der Waals surface area contributed by atoms with Gasteiger partial charge in [0.2, 0.25) is 0 Å². The molecule has 0 fully saturated rings. The molecule has 0 saturated heterocycles. The summed E-state index contributed by atoms with van der Waals surface area (Å²) < 4.78 is 0. The van der Waals surface area contributed by atoms with Gasteiger partial charge in [-0.15, -0.1) is 0 Å². The van der Waals surface area contributed by atoms with E-state index in [9.17, 15) is 0 Å². The van der Waals surface area contributed by atoms with Crippen molar-refractivity contribution in [2.45, 2.75) is 6.42 Å². The molecule has 3 rings (SSSR count). The number of para-hydroxylation sites is 1. The molecule has 1 heterocycles. The van der Waals surface area contributed by atoms with Gasteiger partial charge in [-0.05, 0) is 29.8 Å². The molecule has 0 radical (unpaired) electrons. The van der Waals surface area contributed by atoms with E-state index in [-0.39, 0.29) is 0 Å². The van der Waals surface area contributed by atoms with Crippen molar-refractivity contribution in [3.8, 4) is 6.07 Å². The minimum absolute atomic E-state index is 0.505. The van der Waals surface area contributed by atoms with Crippen molar-refractivity contribution in [2.75, 3.05) is 17.3 Å². The van der Waals surface area contributed by atoms with Crippen LogP contribution in [0.5, 0.6) is 0 Å². The van der Waals surface area contributed by atoms with Gasteiger partial charge in [0.15, 0.2) is 0 Å². The topological polar surface area (TPSA) is 65.4 Å². The van der Waals surface area contributed by atoms with Crippen LogP contribution in [0.2, 0.25) is 0 Å². The van der Waals surface area contributed by atoms with Crippen molar-refractivity contribution in [2.24, 2.45) is 5.10 Å². The van der Waals surface area contributed by atoms with E-state index in [1.807, 2.05) is 47.5 Å². The summed E-state index contributed by atoms with van der Waals surface area (Å²) in [5.41, 5.74) is 9.94. The van der Waals surface area contributed by atoms with E-state index in [0.717, 1.165) is 29.9 Å². The molecular weight excluding hydrogens is 248 g/mol. The van der Waals surface area contributed by atoms with Gasteiger partial charge in [0.25, 0.3) is 0 Å². The smallest absolute Gasteiger partial charge is 0.101 e. The molecule has 0 bridgehead atoms. The molecule has 1 aliphatic heterocycles. The number of anilines is 2. The fraction of sp³-hybridized carbons (Fsp3) is 0.125. The largest absolute Gasteiger partial charge is 0.398 e. The van der Waals surface area contributed by atoms with Crippen molar-refractivity contribution in [1.82, 2.24) is 0 Å². The van der Waals surface area contributed by atoms with E-state index in [2.05, 4.69) is 11.2 Å². The first kappa shape index (κ1) is 12.2. The summed E-state index contributed by atoms with van der Waals surface area (Å²) in [5, 5.41) is 15.5. The standard InChI is InChI=1S/C16H14N4/c17-11-13-7-6-12(10-15(13)18)16-8-9-20(19-16)14-4-2-1-3-5-14/h1-7,10H,8-9,18H2. The van der Waals surface area contributed by atoms with Gasteiger partial charge < -0.3 is 5.73 Å². The van der Waals surface area contributed by atoms with E-state index >= 15 is 0 Å². The quantitative estimate of drug-likeness (QED) is 0.846. The number of hydrazone groups is 1. The van der Waals surface area contributed by atoms with Gasteiger partial charge in [-0.3, -0.25) is 5.01 Å². The molecule has 0 atom stereocenters. The molecule has 0 spiro atoms. The van der Waals surface area contributed by atoms with Crippen LogP contribution < -0.4 is 10.7 Å². The fourth-order valence-electron chi connectivity index (χ4n) is 2.29. The Morgan fingerprint density at radius 3 is 2.65 bits per heavy atom. The predicted molar refractivity (Wildman–Crippen MR) is 80.5 cm³/mol. The van der Waals surface area contributed by atoms with Gasteiger partial charge in [0, 0.05) is 13.0 Å². The summed E-state index contributed by atoms with van der Waals surface area (Å²) >= 11 is 0. The molecule has 4 heteroatoms. The molecule has 2 N–H and O–H groups in total. The first-order valence-corrected chi connectivity index (χ1v) is 6.48. The molecule has 2 aromatic rings. The molecule has 0 aromatic heterocycles. The molecule has 20 heavy (non-hydrogen) atoms. The zero-order chi connectivity index (χ0) is 13.9. The molecule has 1 aliphatic rings. The molecular formula is C16H14N4. The van der Waals surface area contributed by atoms with Gasteiger partial charge in [-0.2, -0.15) is 10.4 Å². The highest BCUT2D eigenvalue weighted by molar-refractivity contribution is 6.03. The second kappa shape index (κ2) is 5.06. The van der Waals surface area contributed by atoms with E-state index in [0.29, 0.717) is 11.3 Å². The minimum Gasteiger partial charge on any atom is -0.398 e. The fourth-order valence-corrected chi connectivity index (χ4v) is 2.29. The van der Waals surface area contributed by atoms with Crippen LogP contribution in [0.1, 0.15) is 17.5 Å². The second-order valence-electron chi connectivity index (χ2n) is 4.67. The number of hydrogen-bond donors (Lipinski definition) is 1. The van der Waals surface area contributed by atoms with E-state index in [1.165, 1.54) is 0 Å². The van der Waals surface area contributed by atoms with Crippen LogP contribution in [-0.4, -0.2) is 12.3 Å². The third kappa shape index (κ3) is 2.21. The summed E-state index contributed by atoms with van der Waals surface area (Å²) in [6, 6.07) is 17.6. The summed E-state index contributed by atoms with van der Waals surface area (Å²) in [7, 11) is 0. The molecule has 98 valence electrons. The van der Waals surface area contributed by atoms with Gasteiger partial charge in [0.05, 0.1) is 22.6 Å². The second-order valence-corrected chi connectivity index (χ2v) is 4.67. The summed E-state index contributed by atoms with van der Waals surface area (Å²) in [4.78, 5) is 0. The average molecular weight is 262 g/mol. The maximum Gasteiger partial charge on any atom is 0.101 e. The summed E-state index contributed by atoms with van der Waals surface area (Å²) in [6.07, 6.45) is 0.875. The highest BCUT2D eigenvalue weighted by Gasteiger charge is 2.17. The van der Waals surface area contributed by atoms with Crippen LogP contribution in [-0.2, 0) is 0 Å². The molecule has 4 nitrogen and oxygen atoms in total. The average Bonchev–Trinajstić information content (AvgIpc) is 2.98. The van der Waals surface area contributed by atoms with Crippen molar-refractivity contribution < 1.29 is 0 Å². The normalized spacial score (nSPS) is 13.9. The molecule has 0 amide bonds. The van der Waals surface area contributed by atoms with Gasteiger partial charge in [-0.1, -0.05) is 24.3 Å². The summed E-state index contributed by atoms with van der Waals surface area (Å²) in [6.45, 7) is 0.860. The first-order chi connectivity index (χ1) is 9.78. The van der Waals surface area contributed by atoms with E-state index in [4.69, 9.17) is 11.0 Å². The maximum atomic E-state index is 8.90.